The highest BCUT2D eigenvalue weighted by molar-refractivity contribution is 8.22. The van der Waals surface area contributed by atoms with Gasteiger partial charge in [0.1, 0.15) is 0 Å². The van der Waals surface area contributed by atoms with E-state index in [0.29, 0.717) is 15.6 Å². The maximum Gasteiger partial charge on any atom is 0.224 e. The third-order valence-electron chi connectivity index (χ3n) is 3.06. The molecule has 0 bridgehead atoms. The molecule has 0 unspecified atom stereocenters. The summed E-state index contributed by atoms with van der Waals surface area (Å²) in [7, 11) is 0. The first-order chi connectivity index (χ1) is 10.1. The number of carbonyl (C=O) groups excluding carboxylic acids is 1. The number of hydrogen-bond acceptors (Lipinski definition) is 2. The number of carbonyl (C=O) groups is 1. The van der Waals surface area contributed by atoms with Gasteiger partial charge in [-0.3, -0.25) is 4.79 Å². The Kier molecular flexibility index (Phi) is 4.20. The molecule has 0 radical (unpaired) electrons. The van der Waals surface area contributed by atoms with Gasteiger partial charge in [0.05, 0.1) is 0 Å². The predicted molar refractivity (Wildman–Crippen MR) is 91.5 cm³/mol. The van der Waals surface area contributed by atoms with E-state index in [2.05, 4.69) is 0 Å². The van der Waals surface area contributed by atoms with Gasteiger partial charge in [-0.15, -0.1) is 0 Å². The number of benzene rings is 2. The summed E-state index contributed by atoms with van der Waals surface area (Å²) in [4.78, 5) is 13.1. The Morgan fingerprint density at radius 2 is 1.76 bits per heavy atom. The molecule has 2 aromatic rings. The molecule has 0 aliphatic carbocycles. The first-order valence-corrected chi connectivity index (χ1v) is 7.87. The fraction of sp³-hybridized carbons (Fsp3) is 0. The van der Waals surface area contributed by atoms with Crippen molar-refractivity contribution in [3.05, 3.63) is 81.4 Å². The summed E-state index contributed by atoms with van der Waals surface area (Å²) in [5.74, 6) is 0. The van der Waals surface area contributed by atoms with Gasteiger partial charge in [-0.05, 0) is 47.2 Å². The van der Waals surface area contributed by atoms with Gasteiger partial charge in [0, 0.05) is 20.5 Å². The van der Waals surface area contributed by atoms with Gasteiger partial charge in [0.2, 0.25) is 5.12 Å². The molecular formula is C17H10Cl2OS. The average Bonchev–Trinajstić information content (AvgIpc) is 2.84. The van der Waals surface area contributed by atoms with Crippen molar-refractivity contribution in [2.24, 2.45) is 0 Å². The normalized spacial score (nSPS) is 16.4. The van der Waals surface area contributed by atoms with E-state index in [1.165, 1.54) is 11.8 Å². The molecule has 1 heterocycles. The van der Waals surface area contributed by atoms with E-state index in [4.69, 9.17) is 23.2 Å². The van der Waals surface area contributed by atoms with E-state index in [9.17, 15) is 4.79 Å². The van der Waals surface area contributed by atoms with Crippen LogP contribution in [0.2, 0.25) is 10.0 Å². The maximum atomic E-state index is 12.1. The van der Waals surface area contributed by atoms with E-state index in [0.717, 1.165) is 16.0 Å². The summed E-state index contributed by atoms with van der Waals surface area (Å²) in [5, 5.41) is 1.14. The second-order valence-electron chi connectivity index (χ2n) is 4.53. The minimum Gasteiger partial charge on any atom is -0.281 e. The lowest BCUT2D eigenvalue weighted by molar-refractivity contribution is -0.107. The Morgan fingerprint density at radius 3 is 2.48 bits per heavy atom. The van der Waals surface area contributed by atoms with Crippen LogP contribution in [0.1, 0.15) is 11.1 Å². The van der Waals surface area contributed by atoms with Crippen LogP contribution < -0.4 is 0 Å². The zero-order valence-electron chi connectivity index (χ0n) is 10.8. The quantitative estimate of drug-likeness (QED) is 0.657. The van der Waals surface area contributed by atoms with Gasteiger partial charge in [0.15, 0.2) is 0 Å². The molecule has 0 N–H and O–H groups in total. The molecule has 104 valence electrons. The minimum atomic E-state index is 0.0277. The maximum absolute atomic E-state index is 12.1. The molecule has 0 amide bonds. The zero-order valence-corrected chi connectivity index (χ0v) is 13.2. The first-order valence-electron chi connectivity index (χ1n) is 6.29. The molecule has 0 spiro atoms. The lowest BCUT2D eigenvalue weighted by Crippen LogP contribution is -1.88. The van der Waals surface area contributed by atoms with Crippen LogP contribution in [0.5, 0.6) is 0 Å². The van der Waals surface area contributed by atoms with Crippen LogP contribution in [0.15, 0.2) is 60.2 Å². The SMILES string of the molecule is O=C1SC(c2ccccc2)=C/C1=C/c1ccc(Cl)cc1Cl. The van der Waals surface area contributed by atoms with E-state index >= 15 is 0 Å². The Labute approximate surface area is 137 Å². The van der Waals surface area contributed by atoms with Gasteiger partial charge in [-0.25, -0.2) is 0 Å². The van der Waals surface area contributed by atoms with Crippen molar-refractivity contribution in [1.82, 2.24) is 0 Å². The van der Waals surface area contributed by atoms with Gasteiger partial charge >= 0.3 is 0 Å². The van der Waals surface area contributed by atoms with Crippen molar-refractivity contribution in [2.45, 2.75) is 0 Å². The Balaban J connectivity index is 1.97. The highest BCUT2D eigenvalue weighted by Crippen LogP contribution is 2.39. The van der Waals surface area contributed by atoms with Crippen LogP contribution in [0, 0.1) is 0 Å². The van der Waals surface area contributed by atoms with Gasteiger partial charge in [-0.1, -0.05) is 59.6 Å². The smallest absolute Gasteiger partial charge is 0.224 e. The van der Waals surface area contributed by atoms with Crippen LogP contribution in [-0.4, -0.2) is 5.12 Å². The molecule has 2 aromatic carbocycles. The third-order valence-corrected chi connectivity index (χ3v) is 4.61. The summed E-state index contributed by atoms with van der Waals surface area (Å²) in [6.45, 7) is 0. The van der Waals surface area contributed by atoms with Crippen molar-refractivity contribution in [3.8, 4) is 0 Å². The molecule has 21 heavy (non-hydrogen) atoms. The van der Waals surface area contributed by atoms with Crippen LogP contribution in [0.4, 0.5) is 0 Å². The fourth-order valence-electron chi connectivity index (χ4n) is 2.02. The van der Waals surface area contributed by atoms with E-state index in [1.807, 2.05) is 42.5 Å². The second kappa shape index (κ2) is 6.10. The predicted octanol–water partition coefficient (Wildman–Crippen LogP) is 5.69. The van der Waals surface area contributed by atoms with Crippen molar-refractivity contribution < 1.29 is 4.79 Å². The topological polar surface area (TPSA) is 17.1 Å². The molecule has 0 aromatic heterocycles. The summed E-state index contributed by atoms with van der Waals surface area (Å²) in [6, 6.07) is 15.1. The molecule has 0 atom stereocenters. The summed E-state index contributed by atoms with van der Waals surface area (Å²) >= 11 is 13.3. The third kappa shape index (κ3) is 3.24. The van der Waals surface area contributed by atoms with Crippen molar-refractivity contribution in [3.63, 3.8) is 0 Å². The molecule has 1 aliphatic heterocycles. The molecule has 3 rings (SSSR count). The summed E-state index contributed by atoms with van der Waals surface area (Å²) in [6.07, 6.45) is 3.69. The second-order valence-corrected chi connectivity index (χ2v) is 6.39. The fourth-order valence-corrected chi connectivity index (χ4v) is 3.36. The lowest BCUT2D eigenvalue weighted by Gasteiger charge is -1.99. The highest BCUT2D eigenvalue weighted by atomic mass is 35.5. The van der Waals surface area contributed by atoms with Crippen LogP contribution in [-0.2, 0) is 4.79 Å². The Hall–Kier alpha value is -1.48. The molecular weight excluding hydrogens is 323 g/mol. The van der Waals surface area contributed by atoms with Gasteiger partial charge in [-0.2, -0.15) is 0 Å². The standard InChI is InChI=1S/C17H10Cl2OS/c18-14-7-6-12(15(19)10-14)8-13-9-16(21-17(13)20)11-4-2-1-3-5-11/h1-10H/b13-8-. The van der Waals surface area contributed by atoms with Crippen LogP contribution in [0.25, 0.3) is 11.0 Å². The monoisotopic (exact) mass is 332 g/mol. The molecule has 0 saturated heterocycles. The Morgan fingerprint density at radius 1 is 1.00 bits per heavy atom. The average molecular weight is 333 g/mol. The molecule has 0 saturated carbocycles. The molecule has 4 heteroatoms. The van der Waals surface area contributed by atoms with Gasteiger partial charge < -0.3 is 0 Å². The highest BCUT2D eigenvalue weighted by Gasteiger charge is 2.21. The van der Waals surface area contributed by atoms with E-state index in [-0.39, 0.29) is 5.12 Å². The van der Waals surface area contributed by atoms with E-state index in [1.54, 1.807) is 18.2 Å². The zero-order chi connectivity index (χ0) is 14.8. The van der Waals surface area contributed by atoms with E-state index < -0.39 is 0 Å². The number of rotatable bonds is 2. The first kappa shape index (κ1) is 14.5. The number of allylic oxidation sites excluding steroid dienone is 1. The number of hydrogen-bond donors (Lipinski definition) is 0. The number of halogens is 2. The minimum absolute atomic E-state index is 0.0277. The van der Waals surface area contributed by atoms with Crippen LogP contribution in [0.3, 0.4) is 0 Å². The van der Waals surface area contributed by atoms with Crippen molar-refractivity contribution in [1.29, 1.82) is 0 Å². The lowest BCUT2D eigenvalue weighted by atomic mass is 10.1. The molecule has 1 nitrogen and oxygen atoms in total. The molecule has 0 fully saturated rings. The van der Waals surface area contributed by atoms with Crippen molar-refractivity contribution >= 4 is 51.1 Å². The largest absolute Gasteiger partial charge is 0.281 e. The van der Waals surface area contributed by atoms with Crippen molar-refractivity contribution in [2.75, 3.05) is 0 Å². The summed E-state index contributed by atoms with van der Waals surface area (Å²) < 4.78 is 0. The van der Waals surface area contributed by atoms with Gasteiger partial charge in [0.25, 0.3) is 0 Å². The number of thioether (sulfide) groups is 1. The molecule has 1 aliphatic rings. The Bertz CT molecular complexity index is 764. The van der Waals surface area contributed by atoms with Crippen LogP contribution >= 0.6 is 35.0 Å². The summed E-state index contributed by atoms with van der Waals surface area (Å²) in [5.41, 5.74) is 2.47.